The molecule has 0 aliphatic carbocycles. The van der Waals surface area contributed by atoms with E-state index in [2.05, 4.69) is 21.2 Å². The topological polar surface area (TPSA) is 118 Å². The van der Waals surface area contributed by atoms with E-state index in [1.165, 1.54) is 13.3 Å². The van der Waals surface area contributed by atoms with Crippen molar-refractivity contribution in [2.24, 2.45) is 5.10 Å². The average Bonchev–Trinajstić information content (AvgIpc) is 2.75. The Morgan fingerprint density at radius 1 is 1.06 bits per heavy atom. The van der Waals surface area contributed by atoms with Crippen LogP contribution >= 0.6 is 11.6 Å². The number of nitrogens with one attached hydrogen (secondary N) is 3. The van der Waals surface area contributed by atoms with Gasteiger partial charge in [-0.3, -0.25) is 14.4 Å². The van der Waals surface area contributed by atoms with Crippen molar-refractivity contribution in [3.63, 3.8) is 0 Å². The van der Waals surface area contributed by atoms with Gasteiger partial charge < -0.3 is 20.1 Å². The summed E-state index contributed by atoms with van der Waals surface area (Å²) in [4.78, 5) is 34.8. The lowest BCUT2D eigenvalue weighted by atomic mass is 10.2. The molecule has 0 heterocycles. The zero-order valence-corrected chi connectivity index (χ0v) is 18.1. The zero-order chi connectivity index (χ0) is 22.8. The molecule has 0 saturated carbocycles. The van der Waals surface area contributed by atoms with Crippen LogP contribution in [-0.4, -0.2) is 44.2 Å². The minimum absolute atomic E-state index is 0.234. The highest BCUT2D eigenvalue weighted by Crippen LogP contribution is 2.28. The van der Waals surface area contributed by atoms with E-state index in [1.807, 2.05) is 19.9 Å². The Morgan fingerprint density at radius 2 is 1.84 bits per heavy atom. The van der Waals surface area contributed by atoms with Crippen LogP contribution in [0.4, 0.5) is 5.69 Å². The maximum absolute atomic E-state index is 12.3. The van der Waals surface area contributed by atoms with E-state index in [-0.39, 0.29) is 12.5 Å². The van der Waals surface area contributed by atoms with E-state index in [1.54, 1.807) is 30.3 Å². The molecule has 2 aromatic carbocycles. The molecule has 0 aromatic heterocycles. The molecule has 0 atom stereocenters. The van der Waals surface area contributed by atoms with Crippen LogP contribution in [0, 0.1) is 6.92 Å². The molecule has 0 aliphatic rings. The van der Waals surface area contributed by atoms with Gasteiger partial charge in [-0.25, -0.2) is 5.43 Å². The molecule has 0 fully saturated rings. The third-order valence-electron chi connectivity index (χ3n) is 3.91. The van der Waals surface area contributed by atoms with Gasteiger partial charge in [0.2, 0.25) is 0 Å². The Morgan fingerprint density at radius 3 is 2.55 bits per heavy atom. The molecular formula is C21H23ClN4O5. The fourth-order valence-electron chi connectivity index (χ4n) is 2.38. The number of ether oxygens (including phenoxy) is 2. The first-order valence-corrected chi connectivity index (χ1v) is 9.72. The van der Waals surface area contributed by atoms with Crippen LogP contribution in [-0.2, 0) is 14.4 Å². The number of nitrogens with zero attached hydrogens (tertiary/aromatic N) is 1. The largest absolute Gasteiger partial charge is 0.490 e. The van der Waals surface area contributed by atoms with Crippen molar-refractivity contribution < 1.29 is 23.9 Å². The molecule has 2 rings (SSSR count). The monoisotopic (exact) mass is 446 g/mol. The number of aryl methyl sites for hydroxylation is 1. The molecule has 164 valence electrons. The van der Waals surface area contributed by atoms with E-state index in [4.69, 9.17) is 21.1 Å². The fraction of sp³-hybridized carbons (Fsp3) is 0.238. The number of hydrazone groups is 1. The van der Waals surface area contributed by atoms with Crippen LogP contribution in [0.3, 0.4) is 0 Å². The average molecular weight is 447 g/mol. The molecule has 0 saturated heterocycles. The number of hydrogen-bond donors (Lipinski definition) is 3. The highest BCUT2D eigenvalue weighted by molar-refractivity contribution is 6.35. The van der Waals surface area contributed by atoms with Gasteiger partial charge in [-0.15, -0.1) is 0 Å². The normalized spacial score (nSPS) is 10.5. The molecule has 31 heavy (non-hydrogen) atoms. The highest BCUT2D eigenvalue weighted by Gasteiger charge is 2.11. The number of carbonyl (C=O) groups excluding carboxylic acids is 3. The van der Waals surface area contributed by atoms with Crippen LogP contribution in [0.5, 0.6) is 11.5 Å². The molecule has 3 N–H and O–H groups in total. The number of benzene rings is 2. The molecule has 0 unspecified atom stereocenters. The standard InChI is InChI=1S/C21H23ClN4O5/c1-4-30-18-9-14(11-24-26-21(29)20(28)23-3)6-8-17(18)31-12-19(27)25-16-10-15(22)7-5-13(16)2/h5-11H,4,12H2,1-3H3,(H,23,28)(H,25,27)(H,26,29)/b24-11-. The van der Waals surface area contributed by atoms with Gasteiger partial charge in [-0.05, 0) is 55.3 Å². The Hall–Kier alpha value is -3.59. The summed E-state index contributed by atoms with van der Waals surface area (Å²) >= 11 is 5.97. The van der Waals surface area contributed by atoms with Gasteiger partial charge >= 0.3 is 11.8 Å². The molecule has 10 heteroatoms. The molecule has 2 aromatic rings. The molecule has 0 radical (unpaired) electrons. The highest BCUT2D eigenvalue weighted by atomic mass is 35.5. The molecule has 0 spiro atoms. The van der Waals surface area contributed by atoms with Gasteiger partial charge in [0.1, 0.15) is 0 Å². The van der Waals surface area contributed by atoms with E-state index in [0.29, 0.717) is 34.4 Å². The lowest BCUT2D eigenvalue weighted by Gasteiger charge is -2.13. The van der Waals surface area contributed by atoms with Gasteiger partial charge in [-0.2, -0.15) is 5.10 Å². The third kappa shape index (κ3) is 7.31. The minimum atomic E-state index is -0.885. The molecule has 0 bridgehead atoms. The smallest absolute Gasteiger partial charge is 0.329 e. The first-order chi connectivity index (χ1) is 14.8. The maximum Gasteiger partial charge on any atom is 0.329 e. The molecule has 9 nitrogen and oxygen atoms in total. The number of likely N-dealkylation sites (N-methyl/N-ethyl adjacent to an activating group) is 1. The summed E-state index contributed by atoms with van der Waals surface area (Å²) in [6.07, 6.45) is 1.35. The molecule has 3 amide bonds. The van der Waals surface area contributed by atoms with Crippen molar-refractivity contribution in [1.29, 1.82) is 0 Å². The Bertz CT molecular complexity index is 994. The molecule has 0 aliphatic heterocycles. The van der Waals surface area contributed by atoms with Crippen LogP contribution in [0.1, 0.15) is 18.1 Å². The van der Waals surface area contributed by atoms with Crippen LogP contribution < -0.4 is 25.5 Å². The SMILES string of the molecule is CCOc1cc(/C=N\NC(=O)C(=O)NC)ccc1OCC(=O)Nc1cc(Cl)ccc1C. The van der Waals surface area contributed by atoms with Gasteiger partial charge in [-0.1, -0.05) is 17.7 Å². The van der Waals surface area contributed by atoms with Crippen LogP contribution in [0.2, 0.25) is 5.02 Å². The second-order valence-corrected chi connectivity index (χ2v) is 6.65. The van der Waals surface area contributed by atoms with Gasteiger partial charge in [0, 0.05) is 17.8 Å². The number of hydrogen-bond acceptors (Lipinski definition) is 6. The van der Waals surface area contributed by atoms with Gasteiger partial charge in [0.05, 0.1) is 12.8 Å². The summed E-state index contributed by atoms with van der Waals surface area (Å²) in [7, 11) is 1.34. The number of halogens is 1. The van der Waals surface area contributed by atoms with E-state index >= 15 is 0 Å². The van der Waals surface area contributed by atoms with Crippen molar-refractivity contribution in [3.8, 4) is 11.5 Å². The Balaban J connectivity index is 2.02. The predicted molar refractivity (Wildman–Crippen MR) is 118 cm³/mol. The van der Waals surface area contributed by atoms with Crippen molar-refractivity contribution in [2.75, 3.05) is 25.6 Å². The summed E-state index contributed by atoms with van der Waals surface area (Å²) in [5.41, 5.74) is 4.18. The van der Waals surface area contributed by atoms with Crippen molar-refractivity contribution in [1.82, 2.24) is 10.7 Å². The van der Waals surface area contributed by atoms with Crippen LogP contribution in [0.25, 0.3) is 0 Å². The maximum atomic E-state index is 12.3. The summed E-state index contributed by atoms with van der Waals surface area (Å²) in [5, 5.41) is 9.18. The molecular weight excluding hydrogens is 424 g/mol. The summed E-state index contributed by atoms with van der Waals surface area (Å²) in [6.45, 7) is 3.81. The number of rotatable bonds is 8. The zero-order valence-electron chi connectivity index (χ0n) is 17.3. The second kappa shape index (κ2) is 11.6. The Labute approximate surface area is 184 Å². The number of anilines is 1. The van der Waals surface area contributed by atoms with Crippen molar-refractivity contribution >= 4 is 41.2 Å². The first-order valence-electron chi connectivity index (χ1n) is 9.34. The van der Waals surface area contributed by atoms with E-state index in [9.17, 15) is 14.4 Å². The van der Waals surface area contributed by atoms with Crippen molar-refractivity contribution in [3.05, 3.63) is 52.5 Å². The number of carbonyl (C=O) groups is 3. The first kappa shape index (κ1) is 23.7. The van der Waals surface area contributed by atoms with E-state index in [0.717, 1.165) is 5.56 Å². The lowest BCUT2D eigenvalue weighted by molar-refractivity contribution is -0.138. The van der Waals surface area contributed by atoms with E-state index < -0.39 is 11.8 Å². The summed E-state index contributed by atoms with van der Waals surface area (Å²) < 4.78 is 11.2. The summed E-state index contributed by atoms with van der Waals surface area (Å²) in [5.74, 6) is -1.27. The Kier molecular flexibility index (Phi) is 8.83. The summed E-state index contributed by atoms with van der Waals surface area (Å²) in [6, 6.07) is 10.1. The fourth-order valence-corrected chi connectivity index (χ4v) is 2.55. The van der Waals surface area contributed by atoms with Gasteiger partial charge in [0.15, 0.2) is 18.1 Å². The van der Waals surface area contributed by atoms with Crippen LogP contribution in [0.15, 0.2) is 41.5 Å². The third-order valence-corrected chi connectivity index (χ3v) is 4.15. The minimum Gasteiger partial charge on any atom is -0.490 e. The lowest BCUT2D eigenvalue weighted by Crippen LogP contribution is -2.35. The predicted octanol–water partition coefficient (Wildman–Crippen LogP) is 2.26. The second-order valence-electron chi connectivity index (χ2n) is 6.21. The number of amides is 3. The van der Waals surface area contributed by atoms with Gasteiger partial charge in [0.25, 0.3) is 5.91 Å². The quantitative estimate of drug-likeness (QED) is 0.326. The van der Waals surface area contributed by atoms with Crippen molar-refractivity contribution in [2.45, 2.75) is 13.8 Å².